The Morgan fingerprint density at radius 3 is 3.00 bits per heavy atom. The number of nitro benzene ring substituents is 1. The van der Waals surface area contributed by atoms with Crippen molar-refractivity contribution in [2.24, 2.45) is 0 Å². The molecule has 0 unspecified atom stereocenters. The summed E-state index contributed by atoms with van der Waals surface area (Å²) in [5, 5.41) is 30.5. The Labute approximate surface area is 129 Å². The molecule has 0 saturated carbocycles. The van der Waals surface area contributed by atoms with Crippen LogP contribution in [0.1, 0.15) is 12.1 Å². The van der Waals surface area contributed by atoms with E-state index in [1.165, 1.54) is 12.1 Å². The lowest BCUT2D eigenvalue weighted by molar-refractivity contribution is -0.384. The molecule has 2 rings (SSSR count). The molecular formula is C12H14BrN5O3. The van der Waals surface area contributed by atoms with Gasteiger partial charge in [-0.25, -0.2) is 0 Å². The number of nitro groups is 1. The Bertz CT molecular complexity index is 631. The lowest BCUT2D eigenvalue weighted by Crippen LogP contribution is -2.02. The van der Waals surface area contributed by atoms with Crippen molar-refractivity contribution in [3.05, 3.63) is 44.7 Å². The summed E-state index contributed by atoms with van der Waals surface area (Å²) < 4.78 is 2.39. The van der Waals surface area contributed by atoms with E-state index in [1.807, 2.05) is 0 Å². The number of aromatic nitrogens is 3. The van der Waals surface area contributed by atoms with Crippen molar-refractivity contribution in [3.8, 4) is 0 Å². The smallest absolute Gasteiger partial charge is 0.271 e. The Balaban J connectivity index is 2.00. The summed E-state index contributed by atoms with van der Waals surface area (Å²) in [7, 11) is 0. The first-order valence-corrected chi connectivity index (χ1v) is 7.07. The first-order valence-electron chi connectivity index (χ1n) is 6.28. The highest BCUT2D eigenvalue weighted by Gasteiger charge is 2.10. The Hall–Kier alpha value is -2.00. The summed E-state index contributed by atoms with van der Waals surface area (Å²) in [6, 6.07) is 4.51. The van der Waals surface area contributed by atoms with E-state index in [2.05, 4.69) is 31.6 Å². The molecule has 1 aromatic heterocycles. The second kappa shape index (κ2) is 7.14. The van der Waals surface area contributed by atoms with Crippen molar-refractivity contribution < 1.29 is 10.0 Å². The standard InChI is InChI=1S/C12H14BrN5O3/c13-11-3-2-10(18(20)21)6-12(11)14-7-9-8-17(16-15-9)4-1-5-19/h2-3,6,8,14,19H,1,4-5,7H2. The van der Waals surface area contributed by atoms with Gasteiger partial charge in [0.05, 0.1) is 23.4 Å². The highest BCUT2D eigenvalue weighted by atomic mass is 79.9. The number of rotatable bonds is 7. The number of benzene rings is 1. The van der Waals surface area contributed by atoms with Gasteiger partial charge in [-0.3, -0.25) is 14.8 Å². The van der Waals surface area contributed by atoms with Gasteiger partial charge in [0.2, 0.25) is 0 Å². The van der Waals surface area contributed by atoms with Gasteiger partial charge >= 0.3 is 0 Å². The first-order chi connectivity index (χ1) is 10.1. The molecule has 0 spiro atoms. The van der Waals surface area contributed by atoms with Crippen LogP contribution in [0.15, 0.2) is 28.9 Å². The van der Waals surface area contributed by atoms with E-state index in [4.69, 9.17) is 5.11 Å². The van der Waals surface area contributed by atoms with E-state index in [0.29, 0.717) is 30.9 Å². The van der Waals surface area contributed by atoms with E-state index >= 15 is 0 Å². The van der Waals surface area contributed by atoms with Crippen molar-refractivity contribution in [1.29, 1.82) is 0 Å². The quantitative estimate of drug-likeness (QED) is 0.580. The molecule has 0 fully saturated rings. The van der Waals surface area contributed by atoms with Crippen LogP contribution >= 0.6 is 15.9 Å². The van der Waals surface area contributed by atoms with E-state index in [1.54, 1.807) is 16.9 Å². The van der Waals surface area contributed by atoms with Crippen LogP contribution in [0.3, 0.4) is 0 Å². The van der Waals surface area contributed by atoms with Gasteiger partial charge in [-0.2, -0.15) is 0 Å². The molecule has 1 heterocycles. The topological polar surface area (TPSA) is 106 Å². The maximum Gasteiger partial charge on any atom is 0.271 e. The Morgan fingerprint density at radius 1 is 1.48 bits per heavy atom. The number of hydrogen-bond donors (Lipinski definition) is 2. The molecule has 0 atom stereocenters. The number of hydrogen-bond acceptors (Lipinski definition) is 6. The summed E-state index contributed by atoms with van der Waals surface area (Å²) in [4.78, 5) is 10.3. The van der Waals surface area contributed by atoms with Crippen molar-refractivity contribution in [2.45, 2.75) is 19.5 Å². The average Bonchev–Trinajstić information content (AvgIpc) is 2.92. The predicted octanol–water partition coefficient (Wildman–Crippen LogP) is 1.94. The second-order valence-electron chi connectivity index (χ2n) is 4.32. The minimum atomic E-state index is -0.442. The van der Waals surface area contributed by atoms with E-state index < -0.39 is 4.92 Å². The van der Waals surface area contributed by atoms with E-state index in [9.17, 15) is 10.1 Å². The molecule has 112 valence electrons. The fraction of sp³-hybridized carbons (Fsp3) is 0.333. The molecule has 2 N–H and O–H groups in total. The number of aliphatic hydroxyl groups excluding tert-OH is 1. The number of aryl methyl sites for hydroxylation is 1. The fourth-order valence-electron chi connectivity index (χ4n) is 1.71. The summed E-state index contributed by atoms with van der Waals surface area (Å²) in [5.41, 5.74) is 1.35. The van der Waals surface area contributed by atoms with Crippen molar-refractivity contribution in [1.82, 2.24) is 15.0 Å². The lowest BCUT2D eigenvalue weighted by atomic mass is 10.3. The molecule has 0 radical (unpaired) electrons. The third kappa shape index (κ3) is 4.23. The van der Waals surface area contributed by atoms with Crippen molar-refractivity contribution in [3.63, 3.8) is 0 Å². The molecule has 0 aliphatic heterocycles. The number of nitrogens with one attached hydrogen (secondary N) is 1. The van der Waals surface area contributed by atoms with Gasteiger partial charge in [0, 0.05) is 29.8 Å². The summed E-state index contributed by atoms with van der Waals surface area (Å²) in [6.07, 6.45) is 2.39. The normalized spacial score (nSPS) is 10.6. The van der Waals surface area contributed by atoms with Crippen LogP contribution in [0.25, 0.3) is 0 Å². The zero-order valence-corrected chi connectivity index (χ0v) is 12.7. The maximum absolute atomic E-state index is 10.8. The highest BCUT2D eigenvalue weighted by Crippen LogP contribution is 2.27. The second-order valence-corrected chi connectivity index (χ2v) is 5.18. The number of nitrogens with zero attached hydrogens (tertiary/aromatic N) is 4. The summed E-state index contributed by atoms with van der Waals surface area (Å²) in [5.74, 6) is 0. The monoisotopic (exact) mass is 355 g/mol. The molecule has 21 heavy (non-hydrogen) atoms. The summed E-state index contributed by atoms with van der Waals surface area (Å²) in [6.45, 7) is 1.11. The van der Waals surface area contributed by atoms with Gasteiger partial charge in [0.25, 0.3) is 5.69 Å². The molecule has 0 saturated heterocycles. The largest absolute Gasteiger partial charge is 0.396 e. The van der Waals surface area contributed by atoms with Crippen LogP contribution in [-0.4, -0.2) is 31.6 Å². The fourth-order valence-corrected chi connectivity index (χ4v) is 2.10. The number of anilines is 1. The Morgan fingerprint density at radius 2 is 2.29 bits per heavy atom. The lowest BCUT2D eigenvalue weighted by Gasteiger charge is -2.06. The van der Waals surface area contributed by atoms with Crippen LogP contribution in [-0.2, 0) is 13.1 Å². The molecular weight excluding hydrogens is 342 g/mol. The van der Waals surface area contributed by atoms with Crippen molar-refractivity contribution >= 4 is 27.3 Å². The van der Waals surface area contributed by atoms with Gasteiger partial charge in [0.1, 0.15) is 5.69 Å². The first kappa shape index (κ1) is 15.4. The Kier molecular flexibility index (Phi) is 5.23. The molecule has 9 heteroatoms. The average molecular weight is 356 g/mol. The summed E-state index contributed by atoms with van der Waals surface area (Å²) >= 11 is 3.34. The number of halogens is 1. The molecule has 1 aromatic carbocycles. The van der Waals surface area contributed by atoms with Crippen LogP contribution in [0.4, 0.5) is 11.4 Å². The minimum absolute atomic E-state index is 0.0206. The minimum Gasteiger partial charge on any atom is -0.396 e. The van der Waals surface area contributed by atoms with Crippen LogP contribution in [0.2, 0.25) is 0 Å². The van der Waals surface area contributed by atoms with E-state index in [-0.39, 0.29) is 12.3 Å². The predicted molar refractivity (Wildman–Crippen MR) is 79.8 cm³/mol. The number of non-ortho nitro benzene ring substituents is 1. The third-order valence-corrected chi connectivity index (χ3v) is 3.44. The van der Waals surface area contributed by atoms with Gasteiger partial charge in [-0.1, -0.05) is 5.21 Å². The van der Waals surface area contributed by atoms with Gasteiger partial charge < -0.3 is 10.4 Å². The zero-order valence-electron chi connectivity index (χ0n) is 11.1. The van der Waals surface area contributed by atoms with Crippen LogP contribution in [0.5, 0.6) is 0 Å². The van der Waals surface area contributed by atoms with Gasteiger partial charge in [-0.05, 0) is 28.4 Å². The highest BCUT2D eigenvalue weighted by molar-refractivity contribution is 9.10. The van der Waals surface area contributed by atoms with Crippen LogP contribution < -0.4 is 5.32 Å². The third-order valence-electron chi connectivity index (χ3n) is 2.75. The van der Waals surface area contributed by atoms with Gasteiger partial charge in [0.15, 0.2) is 0 Å². The zero-order chi connectivity index (χ0) is 15.2. The van der Waals surface area contributed by atoms with Gasteiger partial charge in [-0.15, -0.1) is 5.10 Å². The molecule has 0 amide bonds. The van der Waals surface area contributed by atoms with Crippen LogP contribution in [0, 0.1) is 10.1 Å². The molecule has 8 nitrogen and oxygen atoms in total. The molecule has 0 aliphatic rings. The number of aliphatic hydroxyl groups is 1. The maximum atomic E-state index is 10.8. The molecule has 2 aromatic rings. The van der Waals surface area contributed by atoms with Crippen molar-refractivity contribution in [2.75, 3.05) is 11.9 Å². The molecule has 0 bridgehead atoms. The van der Waals surface area contributed by atoms with E-state index in [0.717, 1.165) is 4.47 Å². The molecule has 0 aliphatic carbocycles. The SMILES string of the molecule is O=[N+]([O-])c1ccc(Br)c(NCc2cn(CCCO)nn2)c1.